The van der Waals surface area contributed by atoms with Crippen molar-refractivity contribution in [1.82, 2.24) is 0 Å². The third-order valence-electron chi connectivity index (χ3n) is 4.23. The molecule has 0 bridgehead atoms. The number of hydrogen-bond acceptors (Lipinski definition) is 5. The van der Waals surface area contributed by atoms with Crippen molar-refractivity contribution in [2.24, 2.45) is 0 Å². The number of fused-ring (bicyclic) bond motifs is 1. The molecule has 0 unspecified atom stereocenters. The number of carbonyl (C=O) groups excluding carboxylic acids is 2. The smallest absolute Gasteiger partial charge is 0.270 e. The van der Waals surface area contributed by atoms with Gasteiger partial charge in [0.05, 0.1) is 21.7 Å². The predicted octanol–water partition coefficient (Wildman–Crippen LogP) is 4.95. The number of anilines is 1. The molecule has 3 aromatic rings. The van der Waals surface area contributed by atoms with Crippen molar-refractivity contribution in [2.75, 3.05) is 4.90 Å². The number of ether oxygens (including phenoxy) is 1. The molecule has 4 rings (SSSR count). The fourth-order valence-corrected chi connectivity index (χ4v) is 3.14. The summed E-state index contributed by atoms with van der Waals surface area (Å²) in [7, 11) is 0. The van der Waals surface area contributed by atoms with Crippen LogP contribution in [-0.2, 0) is 0 Å². The normalized spacial score (nSPS) is 12.8. The molecular formula is C20H11BrN2O5. The Morgan fingerprint density at radius 2 is 1.39 bits per heavy atom. The molecule has 7 nitrogen and oxygen atoms in total. The third kappa shape index (κ3) is 3.14. The highest BCUT2D eigenvalue weighted by Crippen LogP contribution is 2.32. The fourth-order valence-electron chi connectivity index (χ4n) is 2.88. The number of hydrogen-bond donors (Lipinski definition) is 0. The number of benzene rings is 3. The van der Waals surface area contributed by atoms with E-state index in [2.05, 4.69) is 15.9 Å². The molecule has 0 spiro atoms. The Balaban J connectivity index is 1.59. The summed E-state index contributed by atoms with van der Waals surface area (Å²) in [6, 6.07) is 17.4. The average Bonchev–Trinajstić information content (AvgIpc) is 2.94. The van der Waals surface area contributed by atoms with Crippen LogP contribution in [0.4, 0.5) is 11.4 Å². The lowest BCUT2D eigenvalue weighted by molar-refractivity contribution is -0.384. The van der Waals surface area contributed by atoms with Gasteiger partial charge in [-0.15, -0.1) is 0 Å². The van der Waals surface area contributed by atoms with Gasteiger partial charge in [-0.3, -0.25) is 19.7 Å². The van der Waals surface area contributed by atoms with Crippen molar-refractivity contribution >= 4 is 39.1 Å². The molecule has 0 saturated heterocycles. The van der Waals surface area contributed by atoms with Crippen LogP contribution in [0, 0.1) is 10.1 Å². The quantitative estimate of drug-likeness (QED) is 0.326. The maximum atomic E-state index is 12.6. The Hall–Kier alpha value is -3.52. The first kappa shape index (κ1) is 17.9. The van der Waals surface area contributed by atoms with Crippen molar-refractivity contribution < 1.29 is 19.2 Å². The van der Waals surface area contributed by atoms with Gasteiger partial charge >= 0.3 is 0 Å². The zero-order valence-electron chi connectivity index (χ0n) is 14.2. The van der Waals surface area contributed by atoms with E-state index in [-0.39, 0.29) is 16.8 Å². The van der Waals surface area contributed by atoms with Gasteiger partial charge in [0, 0.05) is 16.6 Å². The minimum atomic E-state index is -0.602. The molecule has 0 aromatic heterocycles. The summed E-state index contributed by atoms with van der Waals surface area (Å²) in [6.45, 7) is 0. The highest BCUT2D eigenvalue weighted by Gasteiger charge is 2.37. The van der Waals surface area contributed by atoms with E-state index in [9.17, 15) is 19.7 Å². The van der Waals surface area contributed by atoms with Crippen molar-refractivity contribution in [3.05, 3.63) is 92.4 Å². The molecule has 0 fully saturated rings. The highest BCUT2D eigenvalue weighted by molar-refractivity contribution is 9.10. The number of imide groups is 1. The monoisotopic (exact) mass is 438 g/mol. The van der Waals surface area contributed by atoms with E-state index in [1.165, 1.54) is 12.1 Å². The summed E-state index contributed by atoms with van der Waals surface area (Å²) >= 11 is 3.35. The molecule has 0 saturated carbocycles. The van der Waals surface area contributed by atoms with Gasteiger partial charge in [-0.25, -0.2) is 4.90 Å². The van der Waals surface area contributed by atoms with E-state index in [0.717, 1.165) is 15.4 Å². The van der Waals surface area contributed by atoms with Gasteiger partial charge in [-0.05, 0) is 54.6 Å². The molecule has 28 heavy (non-hydrogen) atoms. The average molecular weight is 439 g/mol. The number of nitro benzene ring substituents is 1. The van der Waals surface area contributed by atoms with E-state index in [1.807, 2.05) is 12.1 Å². The summed E-state index contributed by atoms with van der Waals surface area (Å²) in [5.41, 5.74) is 0.289. The highest BCUT2D eigenvalue weighted by atomic mass is 79.9. The van der Waals surface area contributed by atoms with Crippen LogP contribution in [0.2, 0.25) is 0 Å². The van der Waals surface area contributed by atoms with Crippen molar-refractivity contribution in [2.45, 2.75) is 0 Å². The molecular weight excluding hydrogens is 428 g/mol. The summed E-state index contributed by atoms with van der Waals surface area (Å²) in [6.07, 6.45) is 0. The van der Waals surface area contributed by atoms with Crippen LogP contribution >= 0.6 is 15.9 Å². The summed E-state index contributed by atoms with van der Waals surface area (Å²) in [5, 5.41) is 10.9. The van der Waals surface area contributed by atoms with E-state index in [1.54, 1.807) is 36.4 Å². The van der Waals surface area contributed by atoms with E-state index in [0.29, 0.717) is 17.2 Å². The van der Waals surface area contributed by atoms with Crippen LogP contribution < -0.4 is 9.64 Å². The van der Waals surface area contributed by atoms with Gasteiger partial charge in [0.1, 0.15) is 11.5 Å². The summed E-state index contributed by atoms with van der Waals surface area (Å²) in [5.74, 6) is 0.0732. The van der Waals surface area contributed by atoms with Gasteiger partial charge in [-0.1, -0.05) is 15.9 Å². The van der Waals surface area contributed by atoms with Gasteiger partial charge < -0.3 is 4.74 Å². The topological polar surface area (TPSA) is 89.8 Å². The molecule has 138 valence electrons. The molecule has 2 amide bonds. The molecule has 1 aliphatic heterocycles. The predicted molar refractivity (Wildman–Crippen MR) is 105 cm³/mol. The maximum absolute atomic E-state index is 12.6. The molecule has 1 aliphatic rings. The molecule has 3 aromatic carbocycles. The second kappa shape index (κ2) is 6.90. The van der Waals surface area contributed by atoms with Crippen LogP contribution in [0.25, 0.3) is 0 Å². The van der Waals surface area contributed by atoms with Gasteiger partial charge in [0.15, 0.2) is 0 Å². The third-order valence-corrected chi connectivity index (χ3v) is 4.75. The molecule has 8 heteroatoms. The summed E-state index contributed by atoms with van der Waals surface area (Å²) < 4.78 is 6.66. The number of non-ortho nitro benzene ring substituents is 1. The Bertz CT molecular complexity index is 1110. The van der Waals surface area contributed by atoms with Crippen molar-refractivity contribution in [1.29, 1.82) is 0 Å². The number of amides is 2. The Morgan fingerprint density at radius 1 is 0.821 bits per heavy atom. The van der Waals surface area contributed by atoms with E-state index < -0.39 is 16.7 Å². The lowest BCUT2D eigenvalue weighted by Gasteiger charge is -2.14. The van der Waals surface area contributed by atoms with Crippen LogP contribution in [0.3, 0.4) is 0 Å². The number of halogens is 1. The molecule has 0 N–H and O–H groups in total. The van der Waals surface area contributed by atoms with Gasteiger partial charge in [0.25, 0.3) is 17.5 Å². The van der Waals surface area contributed by atoms with Crippen molar-refractivity contribution in [3.63, 3.8) is 0 Å². The van der Waals surface area contributed by atoms with Crippen LogP contribution in [-0.4, -0.2) is 16.7 Å². The Kier molecular flexibility index (Phi) is 4.40. The lowest BCUT2D eigenvalue weighted by atomic mass is 10.1. The molecule has 1 heterocycles. The van der Waals surface area contributed by atoms with Gasteiger partial charge in [-0.2, -0.15) is 0 Å². The second-order valence-electron chi connectivity index (χ2n) is 5.98. The summed E-state index contributed by atoms with van der Waals surface area (Å²) in [4.78, 5) is 36.6. The van der Waals surface area contributed by atoms with Crippen LogP contribution in [0.1, 0.15) is 20.7 Å². The first-order valence-corrected chi connectivity index (χ1v) is 8.94. The standard InChI is InChI=1S/C20H11BrN2O5/c21-12-1-6-15(7-2-12)28-16-8-3-13(4-9-16)22-19(24)17-10-5-14(23(26)27)11-18(17)20(22)25/h1-11H. The minimum absolute atomic E-state index is 0.0226. The van der Waals surface area contributed by atoms with Crippen LogP contribution in [0.5, 0.6) is 11.5 Å². The maximum Gasteiger partial charge on any atom is 0.270 e. The Morgan fingerprint density at radius 3 is 2.00 bits per heavy atom. The van der Waals surface area contributed by atoms with Crippen LogP contribution in [0.15, 0.2) is 71.2 Å². The van der Waals surface area contributed by atoms with Gasteiger partial charge in [0.2, 0.25) is 0 Å². The fraction of sp³-hybridized carbons (Fsp3) is 0. The second-order valence-corrected chi connectivity index (χ2v) is 6.90. The first-order chi connectivity index (χ1) is 13.4. The SMILES string of the molecule is O=C1c2ccc([N+](=O)[O-])cc2C(=O)N1c1ccc(Oc2ccc(Br)cc2)cc1. The number of carbonyl (C=O) groups is 2. The number of nitro groups is 1. The van der Waals surface area contributed by atoms with E-state index >= 15 is 0 Å². The largest absolute Gasteiger partial charge is 0.457 e. The molecule has 0 atom stereocenters. The lowest BCUT2D eigenvalue weighted by Crippen LogP contribution is -2.29. The number of rotatable bonds is 4. The zero-order valence-corrected chi connectivity index (χ0v) is 15.8. The van der Waals surface area contributed by atoms with E-state index in [4.69, 9.17) is 4.74 Å². The molecule has 0 radical (unpaired) electrons. The Labute approximate surface area is 167 Å². The minimum Gasteiger partial charge on any atom is -0.457 e. The first-order valence-electron chi connectivity index (χ1n) is 8.15. The number of nitrogens with zero attached hydrogens (tertiary/aromatic N) is 2. The molecule has 0 aliphatic carbocycles. The zero-order chi connectivity index (χ0) is 19.8. The van der Waals surface area contributed by atoms with Crippen molar-refractivity contribution in [3.8, 4) is 11.5 Å².